The Bertz CT molecular complexity index is 415. The number of carbonyl (C=O) groups is 1. The Morgan fingerprint density at radius 3 is 2.72 bits per heavy atom. The van der Waals surface area contributed by atoms with Crippen LogP contribution in [0.5, 0.6) is 0 Å². The Morgan fingerprint density at radius 1 is 1.44 bits per heavy atom. The molecule has 100 valence electrons. The van der Waals surface area contributed by atoms with Gasteiger partial charge in [0.2, 0.25) is 0 Å². The van der Waals surface area contributed by atoms with Crippen LogP contribution in [0.1, 0.15) is 53.4 Å². The molecule has 0 aromatic rings. The third kappa shape index (κ3) is 2.38. The van der Waals surface area contributed by atoms with Crippen molar-refractivity contribution < 1.29 is 9.53 Å². The highest BCUT2D eigenvalue weighted by molar-refractivity contribution is 5.66. The first-order valence-electron chi connectivity index (χ1n) is 6.84. The lowest BCUT2D eigenvalue weighted by molar-refractivity contribution is -0.152. The van der Waals surface area contributed by atoms with Gasteiger partial charge in [-0.2, -0.15) is 0 Å². The number of fused-ring (bicyclic) bond motifs is 1. The molecular weight excluding hydrogens is 224 g/mol. The van der Waals surface area contributed by atoms with Gasteiger partial charge in [-0.25, -0.2) is 0 Å². The largest absolute Gasteiger partial charge is 0.462 e. The molecule has 0 spiro atoms. The fraction of sp³-hybridized carbons (Fsp3) is 0.688. The zero-order chi connectivity index (χ0) is 13.5. The molecule has 0 bridgehead atoms. The van der Waals surface area contributed by atoms with Gasteiger partial charge in [0.25, 0.3) is 0 Å². The maximum atomic E-state index is 11.3. The van der Waals surface area contributed by atoms with E-state index in [0.29, 0.717) is 5.92 Å². The van der Waals surface area contributed by atoms with E-state index in [2.05, 4.69) is 27.4 Å². The second-order valence-corrected chi connectivity index (χ2v) is 6.52. The van der Waals surface area contributed by atoms with Crippen LogP contribution in [-0.2, 0) is 9.53 Å². The molecule has 0 amide bonds. The lowest BCUT2D eigenvalue weighted by atomic mass is 9.80. The molecule has 2 unspecified atom stereocenters. The molecule has 2 rings (SSSR count). The lowest BCUT2D eigenvalue weighted by Crippen LogP contribution is -2.32. The van der Waals surface area contributed by atoms with Crippen LogP contribution in [0.2, 0.25) is 0 Å². The molecule has 2 aliphatic carbocycles. The Hall–Kier alpha value is -1.05. The highest BCUT2D eigenvalue weighted by Gasteiger charge is 2.41. The molecule has 0 aromatic heterocycles. The number of ether oxygens (including phenoxy) is 1. The minimum Gasteiger partial charge on any atom is -0.462 e. The van der Waals surface area contributed by atoms with Gasteiger partial charge in [-0.1, -0.05) is 37.1 Å². The lowest BCUT2D eigenvalue weighted by Gasteiger charge is -2.32. The molecule has 2 atom stereocenters. The van der Waals surface area contributed by atoms with Crippen molar-refractivity contribution in [2.24, 2.45) is 11.3 Å². The van der Waals surface area contributed by atoms with Crippen molar-refractivity contribution in [1.82, 2.24) is 0 Å². The van der Waals surface area contributed by atoms with Gasteiger partial charge in [0, 0.05) is 24.7 Å². The number of hydrogen-bond donors (Lipinski definition) is 0. The standard InChI is InChI=1S/C16H24O2/c1-10-6-7-13-11(2)8-15(18-12(3)17)16(4,5)9-14(10)13/h13,15H,2,6-9H2,1,3-5H3. The average Bonchev–Trinajstić information content (AvgIpc) is 2.54. The van der Waals surface area contributed by atoms with Crippen LogP contribution in [0.25, 0.3) is 0 Å². The summed E-state index contributed by atoms with van der Waals surface area (Å²) in [5.41, 5.74) is 4.33. The quantitative estimate of drug-likeness (QED) is 0.517. The number of carbonyl (C=O) groups excluding carboxylic acids is 1. The average molecular weight is 248 g/mol. The van der Waals surface area contributed by atoms with Gasteiger partial charge in [0.15, 0.2) is 0 Å². The number of hydrogen-bond acceptors (Lipinski definition) is 2. The SMILES string of the molecule is C=C1CC(OC(C)=O)C(C)(C)CC2=C(C)CCC12. The molecule has 1 fully saturated rings. The molecule has 1 saturated carbocycles. The Morgan fingerprint density at radius 2 is 2.11 bits per heavy atom. The maximum Gasteiger partial charge on any atom is 0.302 e. The van der Waals surface area contributed by atoms with Crippen LogP contribution in [0, 0.1) is 11.3 Å². The van der Waals surface area contributed by atoms with Gasteiger partial charge in [0.05, 0.1) is 0 Å². The smallest absolute Gasteiger partial charge is 0.302 e. The Kier molecular flexibility index (Phi) is 3.39. The molecule has 2 heteroatoms. The first kappa shape index (κ1) is 13.4. The normalized spacial score (nSPS) is 31.0. The summed E-state index contributed by atoms with van der Waals surface area (Å²) in [5.74, 6) is 0.350. The third-order valence-electron chi connectivity index (χ3n) is 4.54. The van der Waals surface area contributed by atoms with E-state index in [0.717, 1.165) is 12.8 Å². The zero-order valence-electron chi connectivity index (χ0n) is 12.0. The van der Waals surface area contributed by atoms with E-state index in [-0.39, 0.29) is 17.5 Å². The summed E-state index contributed by atoms with van der Waals surface area (Å²) in [5, 5.41) is 0. The highest BCUT2D eigenvalue weighted by atomic mass is 16.5. The summed E-state index contributed by atoms with van der Waals surface area (Å²) in [4.78, 5) is 11.3. The van der Waals surface area contributed by atoms with Crippen molar-refractivity contribution in [1.29, 1.82) is 0 Å². The van der Waals surface area contributed by atoms with Crippen LogP contribution in [0.3, 0.4) is 0 Å². The van der Waals surface area contributed by atoms with Gasteiger partial charge in [0.1, 0.15) is 6.10 Å². The minimum atomic E-state index is -0.182. The molecule has 0 N–H and O–H groups in total. The highest BCUT2D eigenvalue weighted by Crippen LogP contribution is 2.49. The van der Waals surface area contributed by atoms with Gasteiger partial charge in [-0.15, -0.1) is 0 Å². The molecule has 2 nitrogen and oxygen atoms in total. The van der Waals surface area contributed by atoms with Crippen LogP contribution >= 0.6 is 0 Å². The monoisotopic (exact) mass is 248 g/mol. The van der Waals surface area contributed by atoms with E-state index in [1.165, 1.54) is 30.9 Å². The van der Waals surface area contributed by atoms with Crippen LogP contribution < -0.4 is 0 Å². The van der Waals surface area contributed by atoms with E-state index >= 15 is 0 Å². The van der Waals surface area contributed by atoms with E-state index in [9.17, 15) is 4.79 Å². The Balaban J connectivity index is 2.31. The summed E-state index contributed by atoms with van der Waals surface area (Å²) in [6.45, 7) is 12.4. The molecule has 0 saturated heterocycles. The number of rotatable bonds is 1. The van der Waals surface area contributed by atoms with E-state index in [1.807, 2.05) is 0 Å². The number of allylic oxidation sites excluding steroid dienone is 2. The summed E-state index contributed by atoms with van der Waals surface area (Å²) < 4.78 is 5.53. The van der Waals surface area contributed by atoms with Gasteiger partial charge in [-0.05, 0) is 26.2 Å². The van der Waals surface area contributed by atoms with Crippen molar-refractivity contribution in [3.8, 4) is 0 Å². The fourth-order valence-electron chi connectivity index (χ4n) is 3.38. The summed E-state index contributed by atoms with van der Waals surface area (Å²) in [7, 11) is 0. The van der Waals surface area contributed by atoms with E-state index in [4.69, 9.17) is 4.74 Å². The second kappa shape index (κ2) is 4.56. The third-order valence-corrected chi connectivity index (χ3v) is 4.54. The van der Waals surface area contributed by atoms with E-state index < -0.39 is 0 Å². The fourth-order valence-corrected chi connectivity index (χ4v) is 3.38. The second-order valence-electron chi connectivity index (χ2n) is 6.52. The van der Waals surface area contributed by atoms with Crippen molar-refractivity contribution >= 4 is 5.97 Å². The minimum absolute atomic E-state index is 0.00426. The molecule has 2 aliphatic rings. The van der Waals surface area contributed by atoms with Crippen LogP contribution in [0.15, 0.2) is 23.3 Å². The first-order chi connectivity index (χ1) is 8.31. The van der Waals surface area contributed by atoms with Gasteiger partial charge in [-0.3, -0.25) is 4.79 Å². The molecular formula is C16H24O2. The Labute approximate surface area is 110 Å². The topological polar surface area (TPSA) is 26.3 Å². The predicted octanol–water partition coefficient (Wildman–Crippen LogP) is 4.02. The van der Waals surface area contributed by atoms with Crippen molar-refractivity contribution in [3.63, 3.8) is 0 Å². The van der Waals surface area contributed by atoms with Gasteiger partial charge >= 0.3 is 5.97 Å². The summed E-state index contributed by atoms with van der Waals surface area (Å²) >= 11 is 0. The van der Waals surface area contributed by atoms with E-state index in [1.54, 1.807) is 5.57 Å². The summed E-state index contributed by atoms with van der Waals surface area (Å²) in [6.07, 6.45) is 4.21. The molecule has 0 aromatic carbocycles. The molecule has 0 aliphatic heterocycles. The zero-order valence-corrected chi connectivity index (χ0v) is 12.0. The maximum absolute atomic E-state index is 11.3. The molecule has 0 radical (unpaired) electrons. The predicted molar refractivity (Wildman–Crippen MR) is 73.1 cm³/mol. The van der Waals surface area contributed by atoms with Crippen molar-refractivity contribution in [2.45, 2.75) is 59.5 Å². The van der Waals surface area contributed by atoms with Crippen molar-refractivity contribution in [2.75, 3.05) is 0 Å². The van der Waals surface area contributed by atoms with Gasteiger partial charge < -0.3 is 4.74 Å². The van der Waals surface area contributed by atoms with Crippen molar-refractivity contribution in [3.05, 3.63) is 23.3 Å². The summed E-state index contributed by atoms with van der Waals surface area (Å²) in [6, 6.07) is 0. The number of esters is 1. The van der Waals surface area contributed by atoms with Crippen LogP contribution in [-0.4, -0.2) is 12.1 Å². The first-order valence-corrected chi connectivity index (χ1v) is 6.84. The van der Waals surface area contributed by atoms with Crippen LogP contribution in [0.4, 0.5) is 0 Å². The molecule has 0 heterocycles. The molecule has 18 heavy (non-hydrogen) atoms.